The van der Waals surface area contributed by atoms with Crippen molar-refractivity contribution in [2.75, 3.05) is 18.4 Å². The lowest BCUT2D eigenvalue weighted by Crippen LogP contribution is -2.53. The highest BCUT2D eigenvalue weighted by molar-refractivity contribution is 5.93. The van der Waals surface area contributed by atoms with Gasteiger partial charge in [0.2, 0.25) is 23.6 Å². The Labute approximate surface area is 206 Å². The number of nitrogens with two attached hydrogens (primary N) is 1. The average Bonchev–Trinajstić information content (AvgIpc) is 2.81. The van der Waals surface area contributed by atoms with Crippen LogP contribution < -0.4 is 27.0 Å². The van der Waals surface area contributed by atoms with E-state index in [-0.39, 0.29) is 31.3 Å². The molecule has 6 N–H and O–H groups in total. The zero-order valence-corrected chi connectivity index (χ0v) is 20.5. The van der Waals surface area contributed by atoms with Gasteiger partial charge in [0.05, 0.1) is 13.1 Å². The summed E-state index contributed by atoms with van der Waals surface area (Å²) in [5.74, 6) is -1.79. The summed E-state index contributed by atoms with van der Waals surface area (Å²) in [5.41, 5.74) is 7.99. The number of nitrogens with one attached hydrogen (secondary N) is 4. The first-order chi connectivity index (χ1) is 16.7. The quantitative estimate of drug-likeness (QED) is 0.310. The molecule has 2 rings (SSSR count). The van der Waals surface area contributed by atoms with Crippen molar-refractivity contribution < 1.29 is 19.2 Å². The van der Waals surface area contributed by atoms with E-state index >= 15 is 0 Å². The molecule has 0 spiro atoms. The van der Waals surface area contributed by atoms with Crippen LogP contribution in [0.2, 0.25) is 0 Å². The summed E-state index contributed by atoms with van der Waals surface area (Å²) in [7, 11) is 0. The van der Waals surface area contributed by atoms with Crippen molar-refractivity contribution in [3.63, 3.8) is 0 Å². The molecule has 0 aromatic heterocycles. The van der Waals surface area contributed by atoms with Crippen molar-refractivity contribution in [1.82, 2.24) is 16.0 Å². The lowest BCUT2D eigenvalue weighted by atomic mass is 10.0. The topological polar surface area (TPSA) is 142 Å². The van der Waals surface area contributed by atoms with Gasteiger partial charge in [-0.05, 0) is 42.5 Å². The van der Waals surface area contributed by atoms with E-state index in [0.29, 0.717) is 12.1 Å². The lowest BCUT2D eigenvalue weighted by molar-refractivity contribution is -0.131. The van der Waals surface area contributed by atoms with Crippen LogP contribution >= 0.6 is 0 Å². The number of hydrogen-bond donors (Lipinski definition) is 5. The number of hydrogen-bond acceptors (Lipinski definition) is 5. The fourth-order valence-electron chi connectivity index (χ4n) is 3.55. The summed E-state index contributed by atoms with van der Waals surface area (Å²) < 4.78 is 0. The summed E-state index contributed by atoms with van der Waals surface area (Å²) in [5, 5.41) is 10.8. The van der Waals surface area contributed by atoms with Gasteiger partial charge in [-0.15, -0.1) is 0 Å². The van der Waals surface area contributed by atoms with Crippen LogP contribution in [0.25, 0.3) is 0 Å². The Morgan fingerprint density at radius 1 is 0.886 bits per heavy atom. The molecule has 0 radical (unpaired) electrons. The molecule has 0 aliphatic heterocycles. The standard InChI is InChI=1S/C26H35N5O4/c1-17(2)25(31-23(33)15-27)26(35)28-16-24(34)30-21(13-19-9-5-4-6-10-19)14-22(32)29-20-11-7-8-18(3)12-20/h4-12,17,21,25H,13-16,27H2,1-3H3,(H,28,35)(H,29,32)(H,30,34)(H,31,33). The number of rotatable bonds is 12. The van der Waals surface area contributed by atoms with Crippen LogP contribution in [0.15, 0.2) is 54.6 Å². The highest BCUT2D eigenvalue weighted by Crippen LogP contribution is 2.12. The van der Waals surface area contributed by atoms with Crippen LogP contribution in [-0.2, 0) is 25.6 Å². The Hall–Kier alpha value is -3.72. The first kappa shape index (κ1) is 27.5. The highest BCUT2D eigenvalue weighted by atomic mass is 16.2. The fraction of sp³-hybridized carbons (Fsp3) is 0.385. The molecule has 0 saturated heterocycles. The van der Waals surface area contributed by atoms with Crippen molar-refractivity contribution in [2.45, 2.75) is 45.7 Å². The zero-order valence-electron chi connectivity index (χ0n) is 20.5. The number of amides is 4. The third-order valence-corrected chi connectivity index (χ3v) is 5.30. The van der Waals surface area contributed by atoms with Gasteiger partial charge in [-0.1, -0.05) is 56.3 Å². The average molecular weight is 482 g/mol. The maximum Gasteiger partial charge on any atom is 0.243 e. The van der Waals surface area contributed by atoms with E-state index in [1.165, 1.54) is 0 Å². The first-order valence-electron chi connectivity index (χ1n) is 11.6. The number of anilines is 1. The van der Waals surface area contributed by atoms with Gasteiger partial charge in [0.15, 0.2) is 0 Å². The van der Waals surface area contributed by atoms with Gasteiger partial charge < -0.3 is 27.0 Å². The lowest BCUT2D eigenvalue weighted by Gasteiger charge is -2.22. The molecule has 0 heterocycles. The van der Waals surface area contributed by atoms with Crippen molar-refractivity contribution in [3.8, 4) is 0 Å². The van der Waals surface area contributed by atoms with Crippen LogP contribution in [0.1, 0.15) is 31.4 Å². The third-order valence-electron chi connectivity index (χ3n) is 5.30. The fourth-order valence-corrected chi connectivity index (χ4v) is 3.55. The SMILES string of the molecule is Cc1cccc(NC(=O)CC(Cc2ccccc2)NC(=O)CNC(=O)C(NC(=O)CN)C(C)C)c1. The Morgan fingerprint density at radius 2 is 1.60 bits per heavy atom. The van der Waals surface area contributed by atoms with Gasteiger partial charge in [-0.3, -0.25) is 19.2 Å². The minimum atomic E-state index is -0.806. The number of carbonyl (C=O) groups is 4. The summed E-state index contributed by atoms with van der Waals surface area (Å²) in [6.07, 6.45) is 0.507. The largest absolute Gasteiger partial charge is 0.351 e. The van der Waals surface area contributed by atoms with Crippen LogP contribution in [0.5, 0.6) is 0 Å². The van der Waals surface area contributed by atoms with Gasteiger partial charge in [0.1, 0.15) is 6.04 Å². The molecule has 0 aliphatic carbocycles. The second kappa shape index (κ2) is 13.9. The van der Waals surface area contributed by atoms with E-state index in [4.69, 9.17) is 5.73 Å². The van der Waals surface area contributed by atoms with E-state index in [2.05, 4.69) is 21.3 Å². The van der Waals surface area contributed by atoms with Gasteiger partial charge in [0.25, 0.3) is 0 Å². The van der Waals surface area contributed by atoms with E-state index < -0.39 is 29.8 Å². The molecule has 2 unspecified atom stereocenters. The third kappa shape index (κ3) is 9.97. The monoisotopic (exact) mass is 481 g/mol. The molecule has 2 aromatic carbocycles. The van der Waals surface area contributed by atoms with E-state index in [0.717, 1.165) is 11.1 Å². The number of carbonyl (C=O) groups excluding carboxylic acids is 4. The normalized spacial score (nSPS) is 12.4. The molecule has 2 atom stereocenters. The molecule has 188 valence electrons. The van der Waals surface area contributed by atoms with Crippen molar-refractivity contribution in [1.29, 1.82) is 0 Å². The van der Waals surface area contributed by atoms with Crippen LogP contribution in [0.4, 0.5) is 5.69 Å². The van der Waals surface area contributed by atoms with Crippen LogP contribution in [-0.4, -0.2) is 48.8 Å². The zero-order chi connectivity index (χ0) is 25.8. The van der Waals surface area contributed by atoms with Crippen molar-refractivity contribution >= 4 is 29.3 Å². The Morgan fingerprint density at radius 3 is 2.23 bits per heavy atom. The predicted molar refractivity (Wildman–Crippen MR) is 135 cm³/mol. The number of benzene rings is 2. The predicted octanol–water partition coefficient (Wildman–Crippen LogP) is 1.27. The summed E-state index contributed by atoms with van der Waals surface area (Å²) >= 11 is 0. The van der Waals surface area contributed by atoms with Crippen LogP contribution in [0.3, 0.4) is 0 Å². The molecule has 9 nitrogen and oxygen atoms in total. The second-order valence-electron chi connectivity index (χ2n) is 8.79. The summed E-state index contributed by atoms with van der Waals surface area (Å²) in [6.45, 7) is 4.98. The Balaban J connectivity index is 1.99. The molecular formula is C26H35N5O4. The van der Waals surface area contributed by atoms with Gasteiger partial charge in [0, 0.05) is 18.2 Å². The van der Waals surface area contributed by atoms with E-state index in [1.54, 1.807) is 19.9 Å². The molecule has 0 bridgehead atoms. The number of aryl methyl sites for hydroxylation is 1. The molecule has 4 amide bonds. The minimum Gasteiger partial charge on any atom is -0.351 e. The summed E-state index contributed by atoms with van der Waals surface area (Å²) in [4.78, 5) is 49.4. The maximum atomic E-state index is 12.7. The highest BCUT2D eigenvalue weighted by Gasteiger charge is 2.24. The van der Waals surface area contributed by atoms with Crippen molar-refractivity contribution in [2.24, 2.45) is 11.7 Å². The molecule has 2 aromatic rings. The molecule has 0 aliphatic rings. The Bertz CT molecular complexity index is 1010. The van der Waals surface area contributed by atoms with Crippen LogP contribution in [0, 0.1) is 12.8 Å². The van der Waals surface area contributed by atoms with Gasteiger partial charge >= 0.3 is 0 Å². The Kier molecular flexibility index (Phi) is 10.9. The minimum absolute atomic E-state index is 0.0592. The van der Waals surface area contributed by atoms with E-state index in [1.807, 2.05) is 55.5 Å². The maximum absolute atomic E-state index is 12.7. The van der Waals surface area contributed by atoms with Gasteiger partial charge in [-0.2, -0.15) is 0 Å². The van der Waals surface area contributed by atoms with Crippen molar-refractivity contribution in [3.05, 3.63) is 65.7 Å². The smallest absolute Gasteiger partial charge is 0.243 e. The first-order valence-corrected chi connectivity index (χ1v) is 11.6. The molecule has 35 heavy (non-hydrogen) atoms. The molecule has 9 heteroatoms. The molecule has 0 fully saturated rings. The van der Waals surface area contributed by atoms with Gasteiger partial charge in [-0.25, -0.2) is 0 Å². The second-order valence-corrected chi connectivity index (χ2v) is 8.79. The van der Waals surface area contributed by atoms with E-state index in [9.17, 15) is 19.2 Å². The molecule has 0 saturated carbocycles. The summed E-state index contributed by atoms with van der Waals surface area (Å²) in [6, 6.07) is 15.7. The molecular weight excluding hydrogens is 446 g/mol.